The van der Waals surface area contributed by atoms with E-state index in [0.29, 0.717) is 5.92 Å². The topological polar surface area (TPSA) is 32.7 Å². The van der Waals surface area contributed by atoms with Gasteiger partial charge < -0.3 is 9.84 Å². The SMILES string of the molecule is COc1ccc(Br)cc1CN1CCCC(C(C)O)C1. The van der Waals surface area contributed by atoms with E-state index in [2.05, 4.69) is 26.9 Å². The Hall–Kier alpha value is -0.580. The zero-order valence-electron chi connectivity index (χ0n) is 11.6. The van der Waals surface area contributed by atoms with Crippen LogP contribution in [-0.4, -0.2) is 36.3 Å². The summed E-state index contributed by atoms with van der Waals surface area (Å²) < 4.78 is 6.50. The summed E-state index contributed by atoms with van der Waals surface area (Å²) >= 11 is 3.51. The molecule has 1 aromatic rings. The van der Waals surface area contributed by atoms with E-state index in [1.807, 2.05) is 19.1 Å². The van der Waals surface area contributed by atoms with Gasteiger partial charge in [-0.1, -0.05) is 15.9 Å². The Morgan fingerprint density at radius 1 is 1.53 bits per heavy atom. The lowest BCUT2D eigenvalue weighted by Crippen LogP contribution is -2.39. The van der Waals surface area contributed by atoms with Gasteiger partial charge in [0.1, 0.15) is 5.75 Å². The van der Waals surface area contributed by atoms with Crippen molar-refractivity contribution in [1.82, 2.24) is 4.90 Å². The molecule has 1 aliphatic rings. The van der Waals surface area contributed by atoms with Gasteiger partial charge in [-0.25, -0.2) is 0 Å². The predicted molar refractivity (Wildman–Crippen MR) is 80.4 cm³/mol. The molecule has 106 valence electrons. The van der Waals surface area contributed by atoms with Gasteiger partial charge >= 0.3 is 0 Å². The van der Waals surface area contributed by atoms with Crippen molar-refractivity contribution in [2.75, 3.05) is 20.2 Å². The molecule has 0 spiro atoms. The van der Waals surface area contributed by atoms with E-state index >= 15 is 0 Å². The molecule has 0 aliphatic carbocycles. The van der Waals surface area contributed by atoms with Crippen LogP contribution in [0.3, 0.4) is 0 Å². The molecule has 2 atom stereocenters. The van der Waals surface area contributed by atoms with Crippen molar-refractivity contribution in [3.05, 3.63) is 28.2 Å². The number of nitrogens with zero attached hydrogens (tertiary/aromatic N) is 1. The van der Waals surface area contributed by atoms with E-state index in [9.17, 15) is 5.11 Å². The third kappa shape index (κ3) is 3.94. The lowest BCUT2D eigenvalue weighted by atomic mass is 9.93. The van der Waals surface area contributed by atoms with Gasteiger partial charge in [0.15, 0.2) is 0 Å². The van der Waals surface area contributed by atoms with Gasteiger partial charge in [-0.15, -0.1) is 0 Å². The van der Waals surface area contributed by atoms with E-state index in [1.165, 1.54) is 5.56 Å². The molecule has 2 rings (SSSR count). The lowest BCUT2D eigenvalue weighted by Gasteiger charge is -2.34. The largest absolute Gasteiger partial charge is 0.496 e. The molecule has 0 saturated carbocycles. The standard InChI is InChI=1S/C15H22BrNO2/c1-11(18)12-4-3-7-17(9-12)10-13-8-14(16)5-6-15(13)19-2/h5-6,8,11-12,18H,3-4,7,9-10H2,1-2H3. The Morgan fingerprint density at radius 3 is 3.00 bits per heavy atom. The summed E-state index contributed by atoms with van der Waals surface area (Å²) in [6.45, 7) is 4.84. The fourth-order valence-corrected chi connectivity index (χ4v) is 3.15. The maximum Gasteiger partial charge on any atom is 0.123 e. The summed E-state index contributed by atoms with van der Waals surface area (Å²) in [4.78, 5) is 2.41. The molecule has 1 aromatic carbocycles. The van der Waals surface area contributed by atoms with Gasteiger partial charge in [0, 0.05) is 23.1 Å². The first-order chi connectivity index (χ1) is 9.10. The molecule has 0 bridgehead atoms. The fraction of sp³-hybridized carbons (Fsp3) is 0.600. The molecule has 19 heavy (non-hydrogen) atoms. The van der Waals surface area contributed by atoms with Crippen molar-refractivity contribution < 1.29 is 9.84 Å². The Kier molecular flexibility index (Phi) is 5.25. The zero-order valence-corrected chi connectivity index (χ0v) is 13.2. The molecule has 3 nitrogen and oxygen atoms in total. The first-order valence-corrected chi connectivity index (χ1v) is 7.62. The van der Waals surface area contributed by atoms with Crippen molar-refractivity contribution in [3.8, 4) is 5.75 Å². The predicted octanol–water partition coefficient (Wildman–Crippen LogP) is 3.05. The van der Waals surface area contributed by atoms with Gasteiger partial charge in [0.25, 0.3) is 0 Å². The first kappa shape index (κ1) is 14.8. The van der Waals surface area contributed by atoms with Crippen LogP contribution >= 0.6 is 15.9 Å². The van der Waals surface area contributed by atoms with Gasteiger partial charge in [-0.05, 0) is 50.4 Å². The van der Waals surface area contributed by atoms with Gasteiger partial charge in [0.05, 0.1) is 13.2 Å². The molecular weight excluding hydrogens is 306 g/mol. The number of likely N-dealkylation sites (tertiary alicyclic amines) is 1. The third-order valence-corrected chi connectivity index (χ3v) is 4.35. The van der Waals surface area contributed by atoms with Crippen LogP contribution in [0, 0.1) is 5.92 Å². The van der Waals surface area contributed by atoms with E-state index in [-0.39, 0.29) is 6.10 Å². The second-order valence-corrected chi connectivity index (χ2v) is 6.25. The van der Waals surface area contributed by atoms with Crippen molar-refractivity contribution in [3.63, 3.8) is 0 Å². The van der Waals surface area contributed by atoms with Crippen LogP contribution in [0.25, 0.3) is 0 Å². The minimum atomic E-state index is -0.216. The number of ether oxygens (including phenoxy) is 1. The number of rotatable bonds is 4. The van der Waals surface area contributed by atoms with Gasteiger partial charge in [-0.3, -0.25) is 4.90 Å². The number of piperidine rings is 1. The summed E-state index contributed by atoms with van der Waals surface area (Å²) in [7, 11) is 1.71. The van der Waals surface area contributed by atoms with Crippen LogP contribution in [0.5, 0.6) is 5.75 Å². The summed E-state index contributed by atoms with van der Waals surface area (Å²) in [6.07, 6.45) is 2.07. The number of methoxy groups -OCH3 is 1. The zero-order chi connectivity index (χ0) is 13.8. The van der Waals surface area contributed by atoms with Crippen LogP contribution in [-0.2, 0) is 6.54 Å². The second-order valence-electron chi connectivity index (χ2n) is 5.33. The highest BCUT2D eigenvalue weighted by molar-refractivity contribution is 9.10. The quantitative estimate of drug-likeness (QED) is 0.922. The molecule has 1 N–H and O–H groups in total. The summed E-state index contributed by atoms with van der Waals surface area (Å²) in [5.74, 6) is 1.33. The molecule has 1 heterocycles. The first-order valence-electron chi connectivity index (χ1n) is 6.83. The van der Waals surface area contributed by atoms with E-state index < -0.39 is 0 Å². The van der Waals surface area contributed by atoms with Gasteiger partial charge in [0.2, 0.25) is 0 Å². The highest BCUT2D eigenvalue weighted by Crippen LogP contribution is 2.27. The molecule has 1 aliphatic heterocycles. The van der Waals surface area contributed by atoms with E-state index in [0.717, 1.165) is 42.7 Å². The lowest BCUT2D eigenvalue weighted by molar-refractivity contribution is 0.0596. The van der Waals surface area contributed by atoms with Crippen molar-refractivity contribution >= 4 is 15.9 Å². The van der Waals surface area contributed by atoms with E-state index in [1.54, 1.807) is 7.11 Å². The second kappa shape index (κ2) is 6.73. The maximum absolute atomic E-state index is 9.75. The number of halogens is 1. The summed E-state index contributed by atoms with van der Waals surface area (Å²) in [5.41, 5.74) is 1.20. The average Bonchev–Trinajstić information content (AvgIpc) is 2.39. The molecular formula is C15H22BrNO2. The Morgan fingerprint density at radius 2 is 2.32 bits per heavy atom. The Bertz CT molecular complexity index is 423. The minimum Gasteiger partial charge on any atom is -0.496 e. The van der Waals surface area contributed by atoms with Crippen molar-refractivity contribution in [2.24, 2.45) is 5.92 Å². The molecule has 1 saturated heterocycles. The molecule has 0 amide bonds. The Labute approximate surface area is 123 Å². The van der Waals surface area contributed by atoms with Crippen molar-refractivity contribution in [1.29, 1.82) is 0 Å². The number of benzene rings is 1. The number of aliphatic hydroxyl groups excluding tert-OH is 1. The monoisotopic (exact) mass is 327 g/mol. The van der Waals surface area contributed by atoms with Crippen LogP contribution < -0.4 is 4.74 Å². The number of hydrogen-bond acceptors (Lipinski definition) is 3. The molecule has 2 unspecified atom stereocenters. The Balaban J connectivity index is 2.06. The van der Waals surface area contributed by atoms with Crippen LogP contribution in [0.15, 0.2) is 22.7 Å². The van der Waals surface area contributed by atoms with Crippen LogP contribution in [0.2, 0.25) is 0 Å². The van der Waals surface area contributed by atoms with E-state index in [4.69, 9.17) is 4.74 Å². The van der Waals surface area contributed by atoms with Crippen LogP contribution in [0.4, 0.5) is 0 Å². The fourth-order valence-electron chi connectivity index (χ4n) is 2.74. The molecule has 4 heteroatoms. The minimum absolute atomic E-state index is 0.216. The number of aliphatic hydroxyl groups is 1. The molecule has 0 radical (unpaired) electrons. The normalized spacial score (nSPS) is 22.2. The highest BCUT2D eigenvalue weighted by atomic mass is 79.9. The number of hydrogen-bond donors (Lipinski definition) is 1. The average molecular weight is 328 g/mol. The smallest absolute Gasteiger partial charge is 0.123 e. The summed E-state index contributed by atoms with van der Waals surface area (Å²) in [5, 5.41) is 9.75. The summed E-state index contributed by atoms with van der Waals surface area (Å²) in [6, 6.07) is 6.11. The molecule has 0 aromatic heterocycles. The van der Waals surface area contributed by atoms with Crippen molar-refractivity contribution in [2.45, 2.75) is 32.4 Å². The van der Waals surface area contributed by atoms with Gasteiger partial charge in [-0.2, -0.15) is 0 Å². The highest BCUT2D eigenvalue weighted by Gasteiger charge is 2.24. The van der Waals surface area contributed by atoms with Crippen LogP contribution in [0.1, 0.15) is 25.3 Å². The third-order valence-electron chi connectivity index (χ3n) is 3.86. The molecule has 1 fully saturated rings. The maximum atomic E-state index is 9.75.